The first-order valence-corrected chi connectivity index (χ1v) is 6.15. The maximum atomic E-state index is 11.5. The van der Waals surface area contributed by atoms with Crippen LogP contribution in [0.15, 0.2) is 22.7 Å². The maximum absolute atomic E-state index is 11.5. The molecular weight excluding hydrogens is 318 g/mol. The Morgan fingerprint density at radius 3 is 2.74 bits per heavy atom. The molecule has 1 aromatic rings. The van der Waals surface area contributed by atoms with Crippen molar-refractivity contribution in [3.63, 3.8) is 0 Å². The summed E-state index contributed by atoms with van der Waals surface area (Å²) in [4.78, 5) is 21.6. The van der Waals surface area contributed by atoms with Gasteiger partial charge in [-0.25, -0.2) is 5.84 Å². The van der Waals surface area contributed by atoms with E-state index in [1.807, 2.05) is 5.43 Å². The average molecular weight is 332 g/mol. The van der Waals surface area contributed by atoms with Crippen molar-refractivity contribution in [3.05, 3.63) is 32.8 Å². The summed E-state index contributed by atoms with van der Waals surface area (Å²) in [6, 6.07) is 4.17. The van der Waals surface area contributed by atoms with E-state index in [4.69, 9.17) is 10.6 Å². The van der Waals surface area contributed by atoms with Crippen LogP contribution >= 0.6 is 15.9 Å². The SMILES string of the molecule is CC(C)(COc1cc([N+](=O)[O-])ccc1Br)C(=O)NN. The Hall–Kier alpha value is -1.67. The molecule has 8 heteroatoms. The summed E-state index contributed by atoms with van der Waals surface area (Å²) in [5, 5.41) is 10.7. The number of hydrazine groups is 1. The zero-order chi connectivity index (χ0) is 14.6. The smallest absolute Gasteiger partial charge is 0.273 e. The topological polar surface area (TPSA) is 107 Å². The van der Waals surface area contributed by atoms with Crippen molar-refractivity contribution in [2.75, 3.05) is 6.61 Å². The van der Waals surface area contributed by atoms with Crippen LogP contribution < -0.4 is 16.0 Å². The van der Waals surface area contributed by atoms with Gasteiger partial charge in [-0.2, -0.15) is 0 Å². The molecule has 19 heavy (non-hydrogen) atoms. The number of carbonyl (C=O) groups is 1. The number of non-ortho nitro benzene ring substituents is 1. The lowest BCUT2D eigenvalue weighted by atomic mass is 9.94. The quantitative estimate of drug-likeness (QED) is 0.370. The number of hydrogen-bond acceptors (Lipinski definition) is 5. The Kier molecular flexibility index (Phi) is 4.84. The molecule has 1 amide bonds. The number of amides is 1. The fraction of sp³-hybridized carbons (Fsp3) is 0.364. The van der Waals surface area contributed by atoms with E-state index < -0.39 is 10.3 Å². The van der Waals surface area contributed by atoms with Crippen LogP contribution in [-0.4, -0.2) is 17.4 Å². The summed E-state index contributed by atoms with van der Waals surface area (Å²) in [5.74, 6) is 4.98. The summed E-state index contributed by atoms with van der Waals surface area (Å²) in [5.41, 5.74) is 1.11. The summed E-state index contributed by atoms with van der Waals surface area (Å²) in [6.45, 7) is 3.34. The second-order valence-corrected chi connectivity index (χ2v) is 5.37. The molecule has 0 heterocycles. The predicted molar refractivity (Wildman–Crippen MR) is 72.4 cm³/mol. The van der Waals surface area contributed by atoms with E-state index in [-0.39, 0.29) is 18.2 Å². The van der Waals surface area contributed by atoms with Gasteiger partial charge in [0.15, 0.2) is 0 Å². The van der Waals surface area contributed by atoms with Crippen LogP contribution in [0.4, 0.5) is 5.69 Å². The van der Waals surface area contributed by atoms with Crippen molar-refractivity contribution in [1.82, 2.24) is 5.43 Å². The van der Waals surface area contributed by atoms with E-state index in [0.29, 0.717) is 10.2 Å². The number of hydrogen-bond donors (Lipinski definition) is 2. The summed E-state index contributed by atoms with van der Waals surface area (Å²) >= 11 is 3.23. The van der Waals surface area contributed by atoms with Gasteiger partial charge >= 0.3 is 0 Å². The summed E-state index contributed by atoms with van der Waals surface area (Å²) in [7, 11) is 0. The number of rotatable bonds is 5. The third-order valence-electron chi connectivity index (χ3n) is 2.46. The maximum Gasteiger partial charge on any atom is 0.273 e. The molecule has 0 saturated heterocycles. The Morgan fingerprint density at radius 1 is 1.58 bits per heavy atom. The zero-order valence-electron chi connectivity index (χ0n) is 10.5. The van der Waals surface area contributed by atoms with Gasteiger partial charge in [-0.15, -0.1) is 0 Å². The van der Waals surface area contributed by atoms with E-state index in [9.17, 15) is 14.9 Å². The van der Waals surface area contributed by atoms with Crippen molar-refractivity contribution >= 4 is 27.5 Å². The zero-order valence-corrected chi connectivity index (χ0v) is 12.1. The highest BCUT2D eigenvalue weighted by Crippen LogP contribution is 2.30. The predicted octanol–water partition coefficient (Wildman–Crippen LogP) is 1.75. The monoisotopic (exact) mass is 331 g/mol. The molecule has 104 valence electrons. The highest BCUT2D eigenvalue weighted by Gasteiger charge is 2.28. The summed E-state index contributed by atoms with van der Waals surface area (Å²) < 4.78 is 6.02. The van der Waals surface area contributed by atoms with Crippen LogP contribution in [0.25, 0.3) is 0 Å². The number of ether oxygens (including phenoxy) is 1. The van der Waals surface area contributed by atoms with Gasteiger partial charge in [0.25, 0.3) is 5.69 Å². The van der Waals surface area contributed by atoms with Crippen LogP contribution in [-0.2, 0) is 4.79 Å². The standard InChI is InChI=1S/C11H14BrN3O4/c1-11(2,10(16)14-13)6-19-9-5-7(15(17)18)3-4-8(9)12/h3-5H,6,13H2,1-2H3,(H,14,16). The van der Waals surface area contributed by atoms with Crippen molar-refractivity contribution in [1.29, 1.82) is 0 Å². The van der Waals surface area contributed by atoms with Gasteiger partial charge in [0.1, 0.15) is 12.4 Å². The molecule has 0 saturated carbocycles. The minimum atomic E-state index is -0.848. The van der Waals surface area contributed by atoms with E-state index in [2.05, 4.69) is 15.9 Å². The molecule has 0 unspecified atom stereocenters. The lowest BCUT2D eigenvalue weighted by Gasteiger charge is -2.22. The Balaban J connectivity index is 2.85. The number of benzene rings is 1. The van der Waals surface area contributed by atoms with Crippen molar-refractivity contribution < 1.29 is 14.5 Å². The van der Waals surface area contributed by atoms with E-state index in [1.54, 1.807) is 13.8 Å². The number of halogens is 1. The molecule has 0 spiro atoms. The highest BCUT2D eigenvalue weighted by atomic mass is 79.9. The third-order valence-corrected chi connectivity index (χ3v) is 3.12. The first-order valence-electron chi connectivity index (χ1n) is 5.35. The largest absolute Gasteiger partial charge is 0.491 e. The first-order chi connectivity index (χ1) is 8.77. The van der Waals surface area contributed by atoms with Gasteiger partial charge in [0.05, 0.1) is 20.9 Å². The fourth-order valence-electron chi connectivity index (χ4n) is 1.24. The molecule has 3 N–H and O–H groups in total. The molecule has 0 aromatic heterocycles. The molecule has 0 atom stereocenters. The number of nitro benzene ring substituents is 1. The van der Waals surface area contributed by atoms with Crippen LogP contribution in [0, 0.1) is 15.5 Å². The normalized spacial score (nSPS) is 10.9. The number of nitrogens with zero attached hydrogens (tertiary/aromatic N) is 1. The van der Waals surface area contributed by atoms with Crippen molar-refractivity contribution in [3.8, 4) is 5.75 Å². The number of nitro groups is 1. The Morgan fingerprint density at radius 2 is 2.21 bits per heavy atom. The molecule has 0 aliphatic rings. The molecule has 0 bridgehead atoms. The molecule has 0 fully saturated rings. The minimum absolute atomic E-state index is 0.0375. The number of nitrogens with one attached hydrogen (secondary N) is 1. The minimum Gasteiger partial charge on any atom is -0.491 e. The molecule has 7 nitrogen and oxygen atoms in total. The van der Waals surface area contributed by atoms with Crippen LogP contribution in [0.1, 0.15) is 13.8 Å². The number of nitrogens with two attached hydrogens (primary N) is 1. The van der Waals surface area contributed by atoms with Crippen molar-refractivity contribution in [2.45, 2.75) is 13.8 Å². The summed E-state index contributed by atoms with van der Waals surface area (Å²) in [6.07, 6.45) is 0. The molecule has 1 aromatic carbocycles. The molecule has 1 rings (SSSR count). The van der Waals surface area contributed by atoms with E-state index in [0.717, 1.165) is 0 Å². The fourth-order valence-corrected chi connectivity index (χ4v) is 1.60. The number of carbonyl (C=O) groups excluding carboxylic acids is 1. The van der Waals surface area contributed by atoms with Crippen LogP contribution in [0.2, 0.25) is 0 Å². The highest BCUT2D eigenvalue weighted by molar-refractivity contribution is 9.10. The van der Waals surface area contributed by atoms with Gasteiger partial charge in [0.2, 0.25) is 5.91 Å². The Labute approximate surface area is 118 Å². The molecule has 0 aliphatic carbocycles. The van der Waals surface area contributed by atoms with E-state index >= 15 is 0 Å². The van der Waals surface area contributed by atoms with Gasteiger partial charge in [-0.3, -0.25) is 20.3 Å². The van der Waals surface area contributed by atoms with Gasteiger partial charge < -0.3 is 4.74 Å². The lowest BCUT2D eigenvalue weighted by molar-refractivity contribution is -0.385. The lowest BCUT2D eigenvalue weighted by Crippen LogP contribution is -2.44. The molecule has 0 radical (unpaired) electrons. The third kappa shape index (κ3) is 3.90. The van der Waals surface area contributed by atoms with Crippen LogP contribution in [0.5, 0.6) is 5.75 Å². The second-order valence-electron chi connectivity index (χ2n) is 4.52. The molecular formula is C11H14BrN3O4. The van der Waals surface area contributed by atoms with Gasteiger partial charge in [-0.05, 0) is 35.8 Å². The van der Waals surface area contributed by atoms with E-state index in [1.165, 1.54) is 18.2 Å². The Bertz CT molecular complexity index is 505. The van der Waals surface area contributed by atoms with Gasteiger partial charge in [-0.1, -0.05) is 0 Å². The van der Waals surface area contributed by atoms with Crippen molar-refractivity contribution in [2.24, 2.45) is 11.3 Å². The molecule has 0 aliphatic heterocycles. The van der Waals surface area contributed by atoms with Gasteiger partial charge in [0, 0.05) is 6.07 Å². The van der Waals surface area contributed by atoms with Crippen LogP contribution in [0.3, 0.4) is 0 Å². The second kappa shape index (κ2) is 5.98. The average Bonchev–Trinajstić information content (AvgIpc) is 2.36. The first kappa shape index (κ1) is 15.4.